The van der Waals surface area contributed by atoms with E-state index in [2.05, 4.69) is 9.55 Å². The second kappa shape index (κ2) is 6.71. The van der Waals surface area contributed by atoms with Gasteiger partial charge in [0.2, 0.25) is 11.0 Å². The molecule has 0 spiro atoms. The third kappa shape index (κ3) is 3.29. The average Bonchev–Trinajstić information content (AvgIpc) is 2.56. The van der Waals surface area contributed by atoms with Crippen molar-refractivity contribution in [3.63, 3.8) is 0 Å². The molecule has 118 valence electrons. The van der Waals surface area contributed by atoms with Gasteiger partial charge in [-0.05, 0) is 18.6 Å². The van der Waals surface area contributed by atoms with E-state index in [1.807, 2.05) is 55.5 Å². The summed E-state index contributed by atoms with van der Waals surface area (Å²) in [5.74, 6) is -0.797. The Labute approximate surface area is 134 Å². The van der Waals surface area contributed by atoms with Crippen molar-refractivity contribution < 1.29 is 19.2 Å². The molecule has 0 bridgehead atoms. The molecule has 0 amide bonds. The van der Waals surface area contributed by atoms with Crippen LogP contribution in [0.5, 0.6) is 0 Å². The Morgan fingerprint density at radius 3 is 2.26 bits per heavy atom. The van der Waals surface area contributed by atoms with Crippen LogP contribution in [0, 0.1) is 0 Å². The summed E-state index contributed by atoms with van der Waals surface area (Å²) in [5, 5.41) is 8.71. The number of fused-ring (bicyclic) bond motifs is 2. The van der Waals surface area contributed by atoms with E-state index in [0.717, 1.165) is 22.1 Å². The lowest BCUT2D eigenvalue weighted by Crippen LogP contribution is -2.41. The number of carboxylic acid groups (broad SMARTS) is 1. The minimum absolute atomic E-state index is 0.120. The van der Waals surface area contributed by atoms with Crippen molar-refractivity contribution in [1.82, 2.24) is 4.98 Å². The number of nitrogens with zero attached hydrogens (tertiary/aromatic N) is 2. The van der Waals surface area contributed by atoms with E-state index in [9.17, 15) is 4.79 Å². The van der Waals surface area contributed by atoms with Gasteiger partial charge in [-0.2, -0.15) is 4.57 Å². The van der Waals surface area contributed by atoms with Crippen LogP contribution < -0.4 is 4.57 Å². The lowest BCUT2D eigenvalue weighted by Gasteiger charge is -2.12. The molecule has 0 saturated carbocycles. The molecule has 23 heavy (non-hydrogen) atoms. The fourth-order valence-corrected chi connectivity index (χ4v) is 2.73. The van der Waals surface area contributed by atoms with E-state index in [4.69, 9.17) is 9.84 Å². The van der Waals surface area contributed by atoms with Crippen LogP contribution in [-0.2, 0) is 9.53 Å². The quantitative estimate of drug-likeness (QED) is 0.432. The SMILES string of the molecule is CC(OCCCC(=O)O)[n+]1c2ccccc2nc2ccccc21. The van der Waals surface area contributed by atoms with Gasteiger partial charge in [0.1, 0.15) is 11.0 Å². The molecule has 5 heteroatoms. The highest BCUT2D eigenvalue weighted by Crippen LogP contribution is 2.17. The standard InChI is InChI=1S/C18H18N2O3/c1-13(23-12-6-11-18(21)22)20-16-9-4-2-7-14(16)19-15-8-3-5-10-17(15)20/h2-5,7-10,13H,6,11-12H2,1H3/p+1. The van der Waals surface area contributed by atoms with Gasteiger partial charge in [-0.25, -0.2) is 4.98 Å². The van der Waals surface area contributed by atoms with Crippen LogP contribution in [0.3, 0.4) is 0 Å². The number of ether oxygens (including phenoxy) is 1. The molecule has 1 aromatic heterocycles. The number of para-hydroxylation sites is 4. The third-order valence-electron chi connectivity index (χ3n) is 3.78. The lowest BCUT2D eigenvalue weighted by molar-refractivity contribution is -0.714. The van der Waals surface area contributed by atoms with E-state index >= 15 is 0 Å². The normalized spacial score (nSPS) is 12.6. The van der Waals surface area contributed by atoms with Crippen molar-refractivity contribution >= 4 is 28.0 Å². The Hall–Kier alpha value is -2.53. The fourth-order valence-electron chi connectivity index (χ4n) is 2.73. The molecule has 0 aliphatic carbocycles. The zero-order valence-corrected chi connectivity index (χ0v) is 13.0. The van der Waals surface area contributed by atoms with E-state index in [1.165, 1.54) is 0 Å². The molecular weight excluding hydrogens is 292 g/mol. The molecule has 0 fully saturated rings. The zero-order chi connectivity index (χ0) is 16.2. The summed E-state index contributed by atoms with van der Waals surface area (Å²) in [4.78, 5) is 15.3. The van der Waals surface area contributed by atoms with E-state index in [-0.39, 0.29) is 12.6 Å². The molecule has 0 aliphatic rings. The average molecular weight is 311 g/mol. The molecule has 1 unspecified atom stereocenters. The summed E-state index contributed by atoms with van der Waals surface area (Å²) in [5.41, 5.74) is 3.81. The first-order valence-electron chi connectivity index (χ1n) is 7.69. The Balaban J connectivity index is 1.97. The summed E-state index contributed by atoms with van der Waals surface area (Å²) >= 11 is 0. The molecule has 1 N–H and O–H groups in total. The third-order valence-corrected chi connectivity index (χ3v) is 3.78. The second-order valence-electron chi connectivity index (χ2n) is 5.43. The molecule has 2 aromatic carbocycles. The number of benzene rings is 2. The first kappa shape index (κ1) is 15.4. The van der Waals surface area contributed by atoms with Crippen LogP contribution in [0.4, 0.5) is 0 Å². The maximum atomic E-state index is 10.6. The van der Waals surface area contributed by atoms with Gasteiger partial charge in [-0.3, -0.25) is 4.79 Å². The number of aromatic nitrogens is 2. The Kier molecular flexibility index (Phi) is 4.48. The zero-order valence-electron chi connectivity index (χ0n) is 13.0. The van der Waals surface area contributed by atoms with Crippen LogP contribution in [0.15, 0.2) is 48.5 Å². The van der Waals surface area contributed by atoms with E-state index < -0.39 is 5.97 Å². The summed E-state index contributed by atoms with van der Waals surface area (Å²) in [6.45, 7) is 2.38. The van der Waals surface area contributed by atoms with Gasteiger partial charge in [0.15, 0.2) is 0 Å². The summed E-state index contributed by atoms with van der Waals surface area (Å²) in [7, 11) is 0. The highest BCUT2D eigenvalue weighted by molar-refractivity contribution is 5.81. The van der Waals surface area contributed by atoms with E-state index in [1.54, 1.807) is 0 Å². The van der Waals surface area contributed by atoms with Gasteiger partial charge < -0.3 is 9.84 Å². The van der Waals surface area contributed by atoms with Gasteiger partial charge in [-0.15, -0.1) is 0 Å². The van der Waals surface area contributed by atoms with Gasteiger partial charge in [0.05, 0.1) is 6.61 Å². The van der Waals surface area contributed by atoms with Crippen molar-refractivity contribution in [2.75, 3.05) is 6.61 Å². The summed E-state index contributed by atoms with van der Waals surface area (Å²) in [6.07, 6.45) is 0.415. The van der Waals surface area contributed by atoms with Crippen molar-refractivity contribution in [2.45, 2.75) is 26.0 Å². The minimum Gasteiger partial charge on any atom is -0.481 e. The van der Waals surface area contributed by atoms with Crippen molar-refractivity contribution in [1.29, 1.82) is 0 Å². The highest BCUT2D eigenvalue weighted by atomic mass is 16.5. The predicted octanol–water partition coefficient (Wildman–Crippen LogP) is 3.08. The molecular formula is C18H19N2O3+. The highest BCUT2D eigenvalue weighted by Gasteiger charge is 2.22. The van der Waals surface area contributed by atoms with Gasteiger partial charge >= 0.3 is 5.97 Å². The van der Waals surface area contributed by atoms with Crippen molar-refractivity contribution in [3.8, 4) is 0 Å². The summed E-state index contributed by atoms with van der Waals surface area (Å²) in [6, 6.07) is 15.9. The molecule has 1 atom stereocenters. The second-order valence-corrected chi connectivity index (χ2v) is 5.43. The lowest BCUT2D eigenvalue weighted by atomic mass is 10.2. The molecule has 1 heterocycles. The number of rotatable bonds is 6. The van der Waals surface area contributed by atoms with Crippen LogP contribution in [0.25, 0.3) is 22.1 Å². The molecule has 3 aromatic rings. The van der Waals surface area contributed by atoms with Crippen LogP contribution in [0.2, 0.25) is 0 Å². The minimum atomic E-state index is -0.797. The molecule has 0 radical (unpaired) electrons. The number of hydrogen-bond donors (Lipinski definition) is 1. The fraction of sp³-hybridized carbons (Fsp3) is 0.278. The van der Waals surface area contributed by atoms with Crippen molar-refractivity contribution in [2.24, 2.45) is 0 Å². The monoisotopic (exact) mass is 311 g/mol. The van der Waals surface area contributed by atoms with Gasteiger partial charge in [-0.1, -0.05) is 24.3 Å². The van der Waals surface area contributed by atoms with Crippen LogP contribution in [-0.4, -0.2) is 22.7 Å². The Morgan fingerprint density at radius 2 is 1.70 bits per heavy atom. The number of aliphatic carboxylic acids is 1. The maximum Gasteiger partial charge on any atom is 0.303 e. The Morgan fingerprint density at radius 1 is 1.13 bits per heavy atom. The first-order valence-corrected chi connectivity index (χ1v) is 7.69. The Bertz CT molecular complexity index is 794. The predicted molar refractivity (Wildman–Crippen MR) is 87.0 cm³/mol. The largest absolute Gasteiger partial charge is 0.481 e. The number of carboxylic acids is 1. The topological polar surface area (TPSA) is 63.3 Å². The van der Waals surface area contributed by atoms with Crippen LogP contribution >= 0.6 is 0 Å². The first-order chi connectivity index (χ1) is 11.2. The van der Waals surface area contributed by atoms with Gasteiger partial charge in [0, 0.05) is 25.5 Å². The number of carbonyl (C=O) groups is 1. The number of hydrogen-bond acceptors (Lipinski definition) is 3. The molecule has 5 nitrogen and oxygen atoms in total. The van der Waals surface area contributed by atoms with Crippen LogP contribution in [0.1, 0.15) is 26.0 Å². The van der Waals surface area contributed by atoms with Crippen molar-refractivity contribution in [3.05, 3.63) is 48.5 Å². The van der Waals surface area contributed by atoms with Gasteiger partial charge in [0.25, 0.3) is 6.23 Å². The smallest absolute Gasteiger partial charge is 0.303 e. The molecule has 0 saturated heterocycles. The van der Waals surface area contributed by atoms with E-state index in [0.29, 0.717) is 13.0 Å². The summed E-state index contributed by atoms with van der Waals surface area (Å²) < 4.78 is 7.98. The molecule has 3 rings (SSSR count). The maximum absolute atomic E-state index is 10.6. The molecule has 0 aliphatic heterocycles.